The van der Waals surface area contributed by atoms with E-state index in [-0.39, 0.29) is 0 Å². The summed E-state index contributed by atoms with van der Waals surface area (Å²) in [5, 5.41) is 4.69. The van der Waals surface area contributed by atoms with Crippen LogP contribution in [-0.2, 0) is 10.3 Å². The Kier molecular flexibility index (Phi) is 4.39. The molecule has 2 aromatic rings. The first-order valence-corrected chi connectivity index (χ1v) is 7.55. The lowest BCUT2D eigenvalue weighted by atomic mass is 9.96. The van der Waals surface area contributed by atoms with Gasteiger partial charge in [0.25, 0.3) is 5.89 Å². The largest absolute Gasteiger partial charge is 0.389 e. The summed E-state index contributed by atoms with van der Waals surface area (Å²) in [6, 6.07) is 0. The van der Waals surface area contributed by atoms with Crippen LogP contribution in [0.15, 0.2) is 4.52 Å². The van der Waals surface area contributed by atoms with Gasteiger partial charge >= 0.3 is 0 Å². The Bertz CT molecular complexity index is 555. The molecule has 110 valence electrons. The van der Waals surface area contributed by atoms with Crippen LogP contribution in [0.4, 0.5) is 5.00 Å². The summed E-state index contributed by atoms with van der Waals surface area (Å²) < 4.78 is 15.4. The summed E-state index contributed by atoms with van der Waals surface area (Å²) in [5.74, 6) is 0.985. The molecule has 0 amide bonds. The Balaban J connectivity index is 2.42. The highest BCUT2D eigenvalue weighted by Crippen LogP contribution is 2.35. The maximum absolute atomic E-state index is 5.91. The van der Waals surface area contributed by atoms with Crippen molar-refractivity contribution < 1.29 is 9.26 Å². The van der Waals surface area contributed by atoms with Gasteiger partial charge in [-0.3, -0.25) is 0 Å². The van der Waals surface area contributed by atoms with E-state index in [0.29, 0.717) is 23.3 Å². The maximum atomic E-state index is 5.91. The van der Waals surface area contributed by atoms with E-state index < -0.39 is 5.60 Å². The van der Waals surface area contributed by atoms with Gasteiger partial charge in [0.2, 0.25) is 5.82 Å². The Morgan fingerprint density at radius 1 is 1.30 bits per heavy atom. The van der Waals surface area contributed by atoms with Crippen molar-refractivity contribution in [3.63, 3.8) is 0 Å². The average Bonchev–Trinajstić information content (AvgIpc) is 3.04. The van der Waals surface area contributed by atoms with E-state index in [2.05, 4.69) is 28.4 Å². The van der Waals surface area contributed by atoms with Crippen LogP contribution in [0.25, 0.3) is 11.5 Å². The predicted molar refractivity (Wildman–Crippen MR) is 78.4 cm³/mol. The fourth-order valence-corrected chi connectivity index (χ4v) is 2.92. The predicted octanol–water partition coefficient (Wildman–Crippen LogP) is 3.14. The number of rotatable bonds is 6. The van der Waals surface area contributed by atoms with Crippen LogP contribution in [0.3, 0.4) is 0 Å². The number of aromatic nitrogens is 3. The van der Waals surface area contributed by atoms with Crippen molar-refractivity contribution in [2.45, 2.75) is 46.1 Å². The van der Waals surface area contributed by atoms with E-state index in [1.54, 1.807) is 0 Å². The van der Waals surface area contributed by atoms with Gasteiger partial charge in [-0.2, -0.15) is 9.36 Å². The average molecular weight is 296 g/mol. The van der Waals surface area contributed by atoms with Crippen LogP contribution in [0.1, 0.15) is 45.1 Å². The number of aryl methyl sites for hydroxylation is 1. The number of nitrogen functional groups attached to an aromatic ring is 1. The van der Waals surface area contributed by atoms with Gasteiger partial charge in [0, 0.05) is 6.61 Å². The molecule has 0 aliphatic carbocycles. The Hall–Kier alpha value is -1.47. The Morgan fingerprint density at radius 2 is 2.00 bits per heavy atom. The number of anilines is 1. The van der Waals surface area contributed by atoms with Crippen LogP contribution in [-0.4, -0.2) is 21.1 Å². The van der Waals surface area contributed by atoms with Gasteiger partial charge in [0.05, 0.1) is 11.3 Å². The van der Waals surface area contributed by atoms with Crippen LogP contribution in [0.5, 0.6) is 0 Å². The fraction of sp³-hybridized carbons (Fsp3) is 0.615. The quantitative estimate of drug-likeness (QED) is 0.881. The highest BCUT2D eigenvalue weighted by molar-refractivity contribution is 7.10. The second kappa shape index (κ2) is 5.88. The van der Waals surface area contributed by atoms with Crippen molar-refractivity contribution in [1.29, 1.82) is 0 Å². The first kappa shape index (κ1) is 14.9. The van der Waals surface area contributed by atoms with Gasteiger partial charge < -0.3 is 15.0 Å². The number of nitrogens with zero attached hydrogens (tertiary/aromatic N) is 3. The second-order valence-electron chi connectivity index (χ2n) is 4.56. The van der Waals surface area contributed by atoms with Crippen molar-refractivity contribution in [2.75, 3.05) is 12.3 Å². The molecule has 2 heterocycles. The Morgan fingerprint density at radius 3 is 2.50 bits per heavy atom. The molecule has 0 aliphatic heterocycles. The third-order valence-corrected chi connectivity index (χ3v) is 4.27. The van der Waals surface area contributed by atoms with Gasteiger partial charge in [0.15, 0.2) is 0 Å². The monoisotopic (exact) mass is 296 g/mol. The smallest absolute Gasteiger partial charge is 0.262 e. The third-order valence-electron chi connectivity index (χ3n) is 3.50. The lowest BCUT2D eigenvalue weighted by molar-refractivity contribution is -0.0583. The first-order valence-electron chi connectivity index (χ1n) is 6.78. The molecular formula is C13H20N4O2S. The lowest BCUT2D eigenvalue weighted by Crippen LogP contribution is -2.29. The molecule has 2 aromatic heterocycles. The van der Waals surface area contributed by atoms with Crippen LogP contribution in [0, 0.1) is 6.92 Å². The summed E-state index contributed by atoms with van der Waals surface area (Å²) in [4.78, 5) is 4.49. The van der Waals surface area contributed by atoms with E-state index in [4.69, 9.17) is 15.0 Å². The molecule has 0 atom stereocenters. The third kappa shape index (κ3) is 2.43. The summed E-state index contributed by atoms with van der Waals surface area (Å²) in [6.07, 6.45) is 1.57. The number of ether oxygens (including phenoxy) is 1. The summed E-state index contributed by atoms with van der Waals surface area (Å²) in [5.41, 5.74) is 6.95. The summed E-state index contributed by atoms with van der Waals surface area (Å²) in [7, 11) is 0. The molecular weight excluding hydrogens is 276 g/mol. The first-order chi connectivity index (χ1) is 9.57. The molecule has 0 fully saturated rings. The van der Waals surface area contributed by atoms with Gasteiger partial charge in [0.1, 0.15) is 10.6 Å². The molecule has 7 heteroatoms. The van der Waals surface area contributed by atoms with Crippen molar-refractivity contribution >= 4 is 16.5 Å². The molecule has 2 rings (SSSR count). The molecule has 2 N–H and O–H groups in total. The normalized spacial score (nSPS) is 12.0. The Labute approximate surface area is 122 Å². The molecule has 6 nitrogen and oxygen atoms in total. The van der Waals surface area contributed by atoms with Gasteiger partial charge in [-0.05, 0) is 38.2 Å². The van der Waals surface area contributed by atoms with Gasteiger partial charge in [-0.25, -0.2) is 0 Å². The summed E-state index contributed by atoms with van der Waals surface area (Å²) >= 11 is 1.23. The maximum Gasteiger partial charge on any atom is 0.262 e. The zero-order valence-corrected chi connectivity index (χ0v) is 13.1. The highest BCUT2D eigenvalue weighted by Gasteiger charge is 2.35. The number of hydrogen-bond donors (Lipinski definition) is 1. The topological polar surface area (TPSA) is 87.1 Å². The van der Waals surface area contributed by atoms with Crippen LogP contribution in [0.2, 0.25) is 0 Å². The molecule has 0 aromatic carbocycles. The molecule has 0 aliphatic rings. The van der Waals surface area contributed by atoms with Crippen molar-refractivity contribution in [3.8, 4) is 11.5 Å². The standard InChI is InChI=1S/C13H20N4O2S/c1-5-13(6-2,18-7-3)12-15-11(19-16-12)9-8(4)17-20-10(9)14/h5-7,14H2,1-4H3. The van der Waals surface area contributed by atoms with E-state index in [9.17, 15) is 0 Å². The van der Waals surface area contributed by atoms with Crippen molar-refractivity contribution in [2.24, 2.45) is 0 Å². The van der Waals surface area contributed by atoms with Crippen molar-refractivity contribution in [3.05, 3.63) is 11.5 Å². The van der Waals surface area contributed by atoms with E-state index in [1.807, 2.05) is 13.8 Å². The molecule has 0 bridgehead atoms. The molecule has 0 radical (unpaired) electrons. The highest BCUT2D eigenvalue weighted by atomic mass is 32.1. The van der Waals surface area contributed by atoms with Gasteiger partial charge in [-0.15, -0.1) is 0 Å². The van der Waals surface area contributed by atoms with Crippen LogP contribution >= 0.6 is 11.5 Å². The lowest BCUT2D eigenvalue weighted by Gasteiger charge is -2.27. The van der Waals surface area contributed by atoms with Crippen molar-refractivity contribution in [1.82, 2.24) is 14.5 Å². The molecule has 0 saturated heterocycles. The van der Waals surface area contributed by atoms with Gasteiger partial charge in [-0.1, -0.05) is 19.0 Å². The van der Waals surface area contributed by atoms with E-state index in [0.717, 1.165) is 24.1 Å². The molecule has 0 unspecified atom stereocenters. The number of nitrogens with two attached hydrogens (primary N) is 1. The molecule has 0 saturated carbocycles. The minimum atomic E-state index is -0.497. The second-order valence-corrected chi connectivity index (χ2v) is 5.37. The fourth-order valence-electron chi connectivity index (χ4n) is 2.27. The zero-order chi connectivity index (χ0) is 14.8. The minimum absolute atomic E-state index is 0.412. The molecule has 20 heavy (non-hydrogen) atoms. The van der Waals surface area contributed by atoms with E-state index >= 15 is 0 Å². The number of hydrogen-bond acceptors (Lipinski definition) is 7. The van der Waals surface area contributed by atoms with Crippen LogP contribution < -0.4 is 5.73 Å². The SMILES string of the molecule is CCOC(CC)(CC)c1noc(-c2c(C)nsc2N)n1. The zero-order valence-electron chi connectivity index (χ0n) is 12.3. The van der Waals surface area contributed by atoms with E-state index in [1.165, 1.54) is 11.5 Å². The minimum Gasteiger partial charge on any atom is -0.389 e. The molecule has 0 spiro atoms. The summed E-state index contributed by atoms with van der Waals surface area (Å²) in [6.45, 7) is 8.56.